The van der Waals surface area contributed by atoms with Gasteiger partial charge in [-0.25, -0.2) is 4.98 Å². The van der Waals surface area contributed by atoms with Gasteiger partial charge in [-0.1, -0.05) is 31.4 Å². The van der Waals surface area contributed by atoms with Gasteiger partial charge in [0.15, 0.2) is 0 Å². The van der Waals surface area contributed by atoms with E-state index in [-0.39, 0.29) is 0 Å². The summed E-state index contributed by atoms with van der Waals surface area (Å²) in [4.78, 5) is 12.0. The van der Waals surface area contributed by atoms with Crippen LogP contribution in [-0.4, -0.2) is 40.0 Å². The smallest absolute Gasteiger partial charge is 0.145 e. The van der Waals surface area contributed by atoms with Crippen molar-refractivity contribution in [1.82, 2.24) is 14.9 Å². The molecular formula is C19H26N4. The third kappa shape index (κ3) is 3.05. The second kappa shape index (κ2) is 6.44. The molecule has 1 aliphatic carbocycles. The molecule has 1 saturated heterocycles. The molecule has 4 heteroatoms. The Bertz CT molecular complexity index is 657. The first-order valence-corrected chi connectivity index (χ1v) is 9.07. The van der Waals surface area contributed by atoms with E-state index in [1.165, 1.54) is 58.0 Å². The van der Waals surface area contributed by atoms with E-state index in [0.29, 0.717) is 5.54 Å². The number of aromatic nitrogens is 2. The summed E-state index contributed by atoms with van der Waals surface area (Å²) in [5.41, 5.74) is 2.27. The Kier molecular flexibility index (Phi) is 4.17. The van der Waals surface area contributed by atoms with Gasteiger partial charge in [0.1, 0.15) is 5.82 Å². The quantitative estimate of drug-likeness (QED) is 0.931. The van der Waals surface area contributed by atoms with Crippen molar-refractivity contribution in [3.05, 3.63) is 30.5 Å². The van der Waals surface area contributed by atoms with Crippen molar-refractivity contribution in [3.63, 3.8) is 0 Å². The van der Waals surface area contributed by atoms with Gasteiger partial charge in [0, 0.05) is 12.1 Å². The molecule has 1 N–H and O–H groups in total. The number of hydrogen-bond acceptors (Lipinski definition) is 4. The third-order valence-corrected chi connectivity index (χ3v) is 5.61. The van der Waals surface area contributed by atoms with Gasteiger partial charge in [0.05, 0.1) is 17.2 Å². The lowest BCUT2D eigenvalue weighted by Crippen LogP contribution is -2.53. The highest BCUT2D eigenvalue weighted by Crippen LogP contribution is 2.37. The van der Waals surface area contributed by atoms with E-state index in [1.54, 1.807) is 0 Å². The van der Waals surface area contributed by atoms with Crippen LogP contribution in [-0.2, 0) is 0 Å². The topological polar surface area (TPSA) is 41.1 Å². The number of rotatable bonds is 4. The highest BCUT2D eigenvalue weighted by atomic mass is 15.2. The molecule has 23 heavy (non-hydrogen) atoms. The Labute approximate surface area is 138 Å². The highest BCUT2D eigenvalue weighted by molar-refractivity contribution is 5.75. The molecule has 2 aromatic rings. The maximum Gasteiger partial charge on any atom is 0.145 e. The van der Waals surface area contributed by atoms with Crippen molar-refractivity contribution >= 4 is 16.9 Å². The van der Waals surface area contributed by atoms with Gasteiger partial charge >= 0.3 is 0 Å². The molecule has 122 valence electrons. The summed E-state index contributed by atoms with van der Waals surface area (Å²) in [7, 11) is 0. The molecule has 0 atom stereocenters. The van der Waals surface area contributed by atoms with Gasteiger partial charge in [0.25, 0.3) is 0 Å². The lowest BCUT2D eigenvalue weighted by atomic mass is 9.92. The summed E-state index contributed by atoms with van der Waals surface area (Å²) in [6.07, 6.45) is 11.4. The standard InChI is InChI=1S/C19H26N4/c1-6-12-23(13-7-1)19(10-4-5-11-19)15-21-18-14-20-16-8-2-3-9-17(16)22-18/h2-3,8-9,14H,1,4-7,10-13,15H2,(H,21,22). The number of likely N-dealkylation sites (tertiary alicyclic amines) is 1. The highest BCUT2D eigenvalue weighted by Gasteiger charge is 2.39. The maximum absolute atomic E-state index is 4.72. The fourth-order valence-corrected chi connectivity index (χ4v) is 4.30. The van der Waals surface area contributed by atoms with Crippen LogP contribution in [0, 0.1) is 0 Å². The van der Waals surface area contributed by atoms with Crippen molar-refractivity contribution in [2.75, 3.05) is 25.0 Å². The van der Waals surface area contributed by atoms with E-state index >= 15 is 0 Å². The van der Waals surface area contributed by atoms with Crippen LogP contribution in [0.1, 0.15) is 44.9 Å². The molecule has 0 bridgehead atoms. The molecule has 1 aromatic carbocycles. The van der Waals surface area contributed by atoms with Gasteiger partial charge in [-0.3, -0.25) is 9.88 Å². The molecule has 2 aliphatic rings. The average molecular weight is 310 g/mol. The van der Waals surface area contributed by atoms with Crippen LogP contribution in [0.5, 0.6) is 0 Å². The predicted octanol–water partition coefficient (Wildman–Crippen LogP) is 3.84. The van der Waals surface area contributed by atoms with Crippen molar-refractivity contribution in [2.45, 2.75) is 50.5 Å². The second-order valence-corrected chi connectivity index (χ2v) is 7.08. The molecule has 4 nitrogen and oxygen atoms in total. The van der Waals surface area contributed by atoms with E-state index in [4.69, 9.17) is 4.98 Å². The summed E-state index contributed by atoms with van der Waals surface area (Å²) in [5, 5.41) is 3.60. The van der Waals surface area contributed by atoms with E-state index in [0.717, 1.165) is 23.4 Å². The van der Waals surface area contributed by atoms with Crippen LogP contribution in [0.3, 0.4) is 0 Å². The molecule has 0 radical (unpaired) electrons. The zero-order valence-electron chi connectivity index (χ0n) is 13.8. The Morgan fingerprint density at radius 3 is 2.48 bits per heavy atom. The van der Waals surface area contributed by atoms with Gasteiger partial charge in [0.2, 0.25) is 0 Å². The zero-order valence-corrected chi connectivity index (χ0v) is 13.8. The Hall–Kier alpha value is -1.68. The largest absolute Gasteiger partial charge is 0.367 e. The number of piperidine rings is 1. The van der Waals surface area contributed by atoms with Crippen LogP contribution in [0.25, 0.3) is 11.0 Å². The van der Waals surface area contributed by atoms with Crippen molar-refractivity contribution in [1.29, 1.82) is 0 Å². The molecule has 0 unspecified atom stereocenters. The number of nitrogens with zero attached hydrogens (tertiary/aromatic N) is 3. The first-order valence-electron chi connectivity index (χ1n) is 9.07. The van der Waals surface area contributed by atoms with Crippen molar-refractivity contribution < 1.29 is 0 Å². The van der Waals surface area contributed by atoms with E-state index in [9.17, 15) is 0 Å². The van der Waals surface area contributed by atoms with Crippen molar-refractivity contribution in [3.8, 4) is 0 Å². The lowest BCUT2D eigenvalue weighted by Gasteiger charge is -2.43. The SMILES string of the molecule is c1ccc2nc(NCC3(N4CCCCC4)CCCC3)cnc2c1. The molecule has 2 fully saturated rings. The molecule has 1 aromatic heterocycles. The average Bonchev–Trinajstić information content (AvgIpc) is 3.11. The van der Waals surface area contributed by atoms with Gasteiger partial charge in [-0.05, 0) is 50.9 Å². The maximum atomic E-state index is 4.72. The Morgan fingerprint density at radius 2 is 1.70 bits per heavy atom. The molecule has 0 spiro atoms. The second-order valence-electron chi connectivity index (χ2n) is 7.08. The van der Waals surface area contributed by atoms with Crippen LogP contribution in [0.2, 0.25) is 0 Å². The van der Waals surface area contributed by atoms with Gasteiger partial charge < -0.3 is 5.32 Å². The number of benzene rings is 1. The number of nitrogens with one attached hydrogen (secondary N) is 1. The minimum absolute atomic E-state index is 0.341. The van der Waals surface area contributed by atoms with E-state index in [2.05, 4.69) is 15.2 Å². The van der Waals surface area contributed by atoms with Crippen LogP contribution in [0.15, 0.2) is 30.5 Å². The van der Waals surface area contributed by atoms with Gasteiger partial charge in [-0.2, -0.15) is 0 Å². The first kappa shape index (κ1) is 14.9. The summed E-state index contributed by atoms with van der Waals surface area (Å²) in [6.45, 7) is 3.54. The van der Waals surface area contributed by atoms with E-state index in [1.807, 2.05) is 30.5 Å². The third-order valence-electron chi connectivity index (χ3n) is 5.61. The first-order chi connectivity index (χ1) is 11.4. The minimum Gasteiger partial charge on any atom is -0.367 e. The number of fused-ring (bicyclic) bond motifs is 1. The zero-order chi connectivity index (χ0) is 15.5. The summed E-state index contributed by atoms with van der Waals surface area (Å²) in [6, 6.07) is 8.07. The predicted molar refractivity (Wildman–Crippen MR) is 94.7 cm³/mol. The van der Waals surface area contributed by atoms with Crippen LogP contribution >= 0.6 is 0 Å². The summed E-state index contributed by atoms with van der Waals surface area (Å²) < 4.78 is 0. The van der Waals surface area contributed by atoms with Crippen LogP contribution < -0.4 is 5.32 Å². The van der Waals surface area contributed by atoms with Crippen LogP contribution in [0.4, 0.5) is 5.82 Å². The molecule has 1 saturated carbocycles. The van der Waals surface area contributed by atoms with Crippen molar-refractivity contribution in [2.24, 2.45) is 0 Å². The Morgan fingerprint density at radius 1 is 0.957 bits per heavy atom. The molecule has 2 heterocycles. The normalized spacial score (nSPS) is 21.6. The lowest BCUT2D eigenvalue weighted by molar-refractivity contribution is 0.0808. The molecule has 0 amide bonds. The summed E-state index contributed by atoms with van der Waals surface area (Å²) >= 11 is 0. The molecular weight excluding hydrogens is 284 g/mol. The molecule has 1 aliphatic heterocycles. The van der Waals surface area contributed by atoms with E-state index < -0.39 is 0 Å². The fraction of sp³-hybridized carbons (Fsp3) is 0.579. The Balaban J connectivity index is 1.50. The summed E-state index contributed by atoms with van der Waals surface area (Å²) in [5.74, 6) is 0.909. The number of para-hydroxylation sites is 2. The van der Waals surface area contributed by atoms with Gasteiger partial charge in [-0.15, -0.1) is 0 Å². The number of anilines is 1. The molecule has 4 rings (SSSR count). The monoisotopic (exact) mass is 310 g/mol. The fourth-order valence-electron chi connectivity index (χ4n) is 4.30. The number of hydrogen-bond donors (Lipinski definition) is 1. The minimum atomic E-state index is 0.341.